The molecule has 2 aliphatic heterocycles. The SMILES string of the molecule is O=C1c2ccccc2C(=O)N1OCc1nnc2n1-c1ccc(Cl)cc1C(c1ccccc1)=NC2. The molecule has 0 saturated carbocycles. The van der Waals surface area contributed by atoms with Gasteiger partial charge in [0.05, 0.1) is 22.5 Å². The number of hydrogen-bond acceptors (Lipinski definition) is 6. The second-order valence-electron chi connectivity index (χ2n) is 7.78. The summed E-state index contributed by atoms with van der Waals surface area (Å²) in [5.74, 6) is 0.0336. The number of hydrogen-bond donors (Lipinski definition) is 0. The Kier molecular flexibility index (Phi) is 4.83. The highest BCUT2D eigenvalue weighted by Crippen LogP contribution is 2.29. The maximum Gasteiger partial charge on any atom is 0.285 e. The van der Waals surface area contributed by atoms with Crippen LogP contribution >= 0.6 is 11.6 Å². The summed E-state index contributed by atoms with van der Waals surface area (Å²) in [6.45, 7) is 0.151. The van der Waals surface area contributed by atoms with Crippen molar-refractivity contribution in [1.29, 1.82) is 0 Å². The molecule has 4 aromatic rings. The van der Waals surface area contributed by atoms with E-state index in [4.69, 9.17) is 21.4 Å². The minimum Gasteiger partial charge on any atom is -0.279 e. The first kappa shape index (κ1) is 20.5. The van der Waals surface area contributed by atoms with Gasteiger partial charge in [-0.25, -0.2) is 0 Å². The Morgan fingerprint density at radius 1 is 0.853 bits per heavy atom. The van der Waals surface area contributed by atoms with Crippen LogP contribution in [0.25, 0.3) is 5.69 Å². The van der Waals surface area contributed by atoms with Crippen LogP contribution in [0.2, 0.25) is 5.02 Å². The highest BCUT2D eigenvalue weighted by atomic mass is 35.5. The number of hydroxylamine groups is 2. The van der Waals surface area contributed by atoms with Gasteiger partial charge in [0.2, 0.25) is 0 Å². The molecule has 0 spiro atoms. The molecule has 0 unspecified atom stereocenters. The number of amides is 2. The molecule has 3 aromatic carbocycles. The van der Waals surface area contributed by atoms with Crippen LogP contribution < -0.4 is 0 Å². The molecule has 0 aliphatic carbocycles. The van der Waals surface area contributed by atoms with Crippen molar-refractivity contribution in [2.75, 3.05) is 0 Å². The molecule has 0 radical (unpaired) electrons. The molecule has 0 bridgehead atoms. The fourth-order valence-electron chi connectivity index (χ4n) is 4.21. The van der Waals surface area contributed by atoms with Crippen molar-refractivity contribution in [1.82, 2.24) is 19.8 Å². The van der Waals surface area contributed by atoms with Crippen molar-refractivity contribution >= 4 is 29.1 Å². The largest absolute Gasteiger partial charge is 0.285 e. The van der Waals surface area contributed by atoms with Crippen LogP contribution in [0, 0.1) is 0 Å². The number of aliphatic imine (C=N–C) groups is 1. The molecule has 2 amide bonds. The monoisotopic (exact) mass is 469 g/mol. The maximum absolute atomic E-state index is 12.7. The van der Waals surface area contributed by atoms with E-state index in [2.05, 4.69) is 10.2 Å². The summed E-state index contributed by atoms with van der Waals surface area (Å²) in [4.78, 5) is 35.8. The summed E-state index contributed by atoms with van der Waals surface area (Å²) in [7, 11) is 0. The van der Waals surface area contributed by atoms with Crippen LogP contribution in [0.15, 0.2) is 77.8 Å². The number of fused-ring (bicyclic) bond motifs is 4. The molecule has 0 N–H and O–H groups in total. The predicted molar refractivity (Wildman–Crippen MR) is 124 cm³/mol. The van der Waals surface area contributed by atoms with Gasteiger partial charge in [-0.15, -0.1) is 15.3 Å². The highest BCUT2D eigenvalue weighted by Gasteiger charge is 2.37. The maximum atomic E-state index is 12.7. The third-order valence-corrected chi connectivity index (χ3v) is 5.99. The number of imide groups is 1. The second-order valence-corrected chi connectivity index (χ2v) is 8.22. The number of aromatic nitrogens is 3. The summed E-state index contributed by atoms with van der Waals surface area (Å²) in [6.07, 6.45) is 0. The van der Waals surface area contributed by atoms with Crippen LogP contribution in [-0.4, -0.2) is 37.4 Å². The molecule has 3 heterocycles. The first-order valence-corrected chi connectivity index (χ1v) is 10.9. The van der Waals surface area contributed by atoms with Gasteiger partial charge >= 0.3 is 0 Å². The van der Waals surface area contributed by atoms with Crippen molar-refractivity contribution in [2.24, 2.45) is 4.99 Å². The van der Waals surface area contributed by atoms with Gasteiger partial charge < -0.3 is 0 Å². The molecule has 34 heavy (non-hydrogen) atoms. The van der Waals surface area contributed by atoms with Crippen molar-refractivity contribution in [2.45, 2.75) is 13.2 Å². The molecule has 0 fully saturated rings. The van der Waals surface area contributed by atoms with E-state index in [-0.39, 0.29) is 13.2 Å². The third-order valence-electron chi connectivity index (χ3n) is 5.76. The Bertz CT molecular complexity index is 1460. The standard InChI is InChI=1S/C25H16ClN5O3/c26-16-10-11-20-19(12-16)23(15-6-2-1-3-7-15)27-13-21-28-29-22(30(20)21)14-34-31-24(32)17-8-4-5-9-18(17)25(31)33/h1-12H,13-14H2. The van der Waals surface area contributed by atoms with Gasteiger partial charge in [-0.1, -0.05) is 54.1 Å². The number of carbonyl (C=O) groups excluding carboxylic acids is 2. The molecular formula is C25H16ClN5O3. The van der Waals surface area contributed by atoms with E-state index >= 15 is 0 Å². The molecule has 9 heteroatoms. The van der Waals surface area contributed by atoms with E-state index in [1.807, 2.05) is 47.0 Å². The topological polar surface area (TPSA) is 89.7 Å². The summed E-state index contributed by atoms with van der Waals surface area (Å²) in [6, 6.07) is 22.0. The summed E-state index contributed by atoms with van der Waals surface area (Å²) < 4.78 is 1.84. The van der Waals surface area contributed by atoms with Gasteiger partial charge in [-0.2, -0.15) is 0 Å². The van der Waals surface area contributed by atoms with Gasteiger partial charge in [0.15, 0.2) is 11.6 Å². The van der Waals surface area contributed by atoms with Crippen LogP contribution in [0.5, 0.6) is 0 Å². The summed E-state index contributed by atoms with van der Waals surface area (Å²) in [5, 5.41) is 9.90. The van der Waals surface area contributed by atoms with Crippen molar-refractivity contribution in [3.63, 3.8) is 0 Å². The second kappa shape index (κ2) is 8.02. The van der Waals surface area contributed by atoms with E-state index in [9.17, 15) is 9.59 Å². The lowest BCUT2D eigenvalue weighted by molar-refractivity contribution is -0.103. The zero-order valence-corrected chi connectivity index (χ0v) is 18.4. The number of rotatable bonds is 4. The first-order valence-electron chi connectivity index (χ1n) is 10.6. The van der Waals surface area contributed by atoms with Gasteiger partial charge in [0.25, 0.3) is 11.8 Å². The smallest absolute Gasteiger partial charge is 0.279 e. The van der Waals surface area contributed by atoms with E-state index < -0.39 is 11.8 Å². The Morgan fingerprint density at radius 3 is 2.29 bits per heavy atom. The summed E-state index contributed by atoms with van der Waals surface area (Å²) in [5.41, 5.74) is 3.97. The molecule has 0 saturated heterocycles. The van der Waals surface area contributed by atoms with Crippen LogP contribution in [0.1, 0.15) is 43.5 Å². The van der Waals surface area contributed by atoms with Gasteiger partial charge in [-0.3, -0.25) is 24.0 Å². The van der Waals surface area contributed by atoms with Gasteiger partial charge in [0, 0.05) is 16.1 Å². The predicted octanol–water partition coefficient (Wildman–Crippen LogP) is 4.00. The van der Waals surface area contributed by atoms with Crippen molar-refractivity contribution in [3.8, 4) is 5.69 Å². The Labute approximate surface area is 199 Å². The van der Waals surface area contributed by atoms with Crippen molar-refractivity contribution < 1.29 is 14.4 Å². The number of benzene rings is 3. The van der Waals surface area contributed by atoms with Gasteiger partial charge in [-0.05, 0) is 30.3 Å². The average Bonchev–Trinajstić information content (AvgIpc) is 3.31. The van der Waals surface area contributed by atoms with Crippen LogP contribution in [0.4, 0.5) is 0 Å². The Hall–Kier alpha value is -4.14. The lowest BCUT2D eigenvalue weighted by atomic mass is 10.0. The lowest BCUT2D eigenvalue weighted by Gasteiger charge is -2.16. The molecule has 0 atom stereocenters. The fourth-order valence-corrected chi connectivity index (χ4v) is 4.38. The third kappa shape index (κ3) is 3.23. The van der Waals surface area contributed by atoms with Gasteiger partial charge in [0.1, 0.15) is 13.2 Å². The quantitative estimate of drug-likeness (QED) is 0.421. The van der Waals surface area contributed by atoms with Crippen LogP contribution in [0.3, 0.4) is 0 Å². The van der Waals surface area contributed by atoms with Crippen LogP contribution in [-0.2, 0) is 18.0 Å². The zero-order valence-electron chi connectivity index (χ0n) is 17.7. The van der Waals surface area contributed by atoms with Crippen molar-refractivity contribution in [3.05, 3.63) is 112 Å². The minimum absolute atomic E-state index is 0.138. The number of carbonyl (C=O) groups is 2. The normalized spacial score (nSPS) is 14.4. The molecule has 166 valence electrons. The Balaban J connectivity index is 1.36. The molecule has 8 nitrogen and oxygen atoms in total. The zero-order chi connectivity index (χ0) is 23.2. The molecule has 1 aromatic heterocycles. The first-order chi connectivity index (χ1) is 16.6. The average molecular weight is 470 g/mol. The molecular weight excluding hydrogens is 454 g/mol. The van der Waals surface area contributed by atoms with E-state index in [0.29, 0.717) is 27.8 Å². The number of nitrogens with zero attached hydrogens (tertiary/aromatic N) is 5. The fraction of sp³-hybridized carbons (Fsp3) is 0.0800. The molecule has 6 rings (SSSR count). The van der Waals surface area contributed by atoms with E-state index in [0.717, 1.165) is 27.6 Å². The van der Waals surface area contributed by atoms with E-state index in [1.54, 1.807) is 30.3 Å². The lowest BCUT2D eigenvalue weighted by Crippen LogP contribution is -2.30. The molecule has 2 aliphatic rings. The van der Waals surface area contributed by atoms with E-state index in [1.165, 1.54) is 0 Å². The minimum atomic E-state index is -0.502. The Morgan fingerprint density at radius 2 is 1.56 bits per heavy atom. The highest BCUT2D eigenvalue weighted by molar-refractivity contribution is 6.31. The number of halogens is 1. The summed E-state index contributed by atoms with van der Waals surface area (Å²) >= 11 is 6.35.